The number of nitrogens with one attached hydrogen (secondary N) is 1. The molecule has 0 saturated carbocycles. The molecule has 0 radical (unpaired) electrons. The van der Waals surface area contributed by atoms with Crippen LogP contribution in [0.2, 0.25) is 0 Å². The summed E-state index contributed by atoms with van der Waals surface area (Å²) in [7, 11) is 0. The Kier molecular flexibility index (Phi) is 2.11. The molecule has 0 fully saturated rings. The smallest absolute Gasteiger partial charge is 0.317 e. The molecular formula is C4H2N6O5. The van der Waals surface area contributed by atoms with Gasteiger partial charge in [0.05, 0.1) is 0 Å². The summed E-state index contributed by atoms with van der Waals surface area (Å²) in [6.07, 6.45) is 0.928. The Morgan fingerprint density at radius 2 is 2.33 bits per heavy atom. The summed E-state index contributed by atoms with van der Waals surface area (Å²) in [6.45, 7) is 0. The monoisotopic (exact) mass is 214 g/mol. The van der Waals surface area contributed by atoms with Gasteiger partial charge in [-0.15, -0.1) is 0 Å². The molecule has 0 amide bonds. The highest BCUT2D eigenvalue weighted by Crippen LogP contribution is 2.12. The molecule has 0 aliphatic carbocycles. The van der Waals surface area contributed by atoms with Crippen LogP contribution in [0.4, 0.5) is 5.82 Å². The zero-order valence-electron chi connectivity index (χ0n) is 6.85. The van der Waals surface area contributed by atoms with Crippen LogP contribution in [-0.4, -0.2) is 27.6 Å². The van der Waals surface area contributed by atoms with Crippen molar-refractivity contribution in [3.63, 3.8) is 0 Å². The number of aromatic nitrogens is 2. The van der Waals surface area contributed by atoms with Gasteiger partial charge in [-0.3, -0.25) is 0 Å². The first-order valence-corrected chi connectivity index (χ1v) is 3.44. The van der Waals surface area contributed by atoms with Crippen LogP contribution >= 0.6 is 0 Å². The molecular weight excluding hydrogens is 212 g/mol. The van der Waals surface area contributed by atoms with Gasteiger partial charge in [0.25, 0.3) is 5.82 Å². The molecule has 0 atom stereocenters. The van der Waals surface area contributed by atoms with Crippen molar-refractivity contribution in [2.75, 3.05) is 5.43 Å². The third-order valence-corrected chi connectivity index (χ3v) is 1.25. The molecule has 0 aromatic carbocycles. The van der Waals surface area contributed by atoms with E-state index in [9.17, 15) is 10.1 Å². The maximum absolute atomic E-state index is 10.1. The van der Waals surface area contributed by atoms with Gasteiger partial charge in [-0.05, 0) is 20.6 Å². The lowest BCUT2D eigenvalue weighted by Gasteiger charge is -2.01. The Hall–Kier alpha value is -2.72. The Balaban J connectivity index is 2.24. The van der Waals surface area contributed by atoms with Gasteiger partial charge >= 0.3 is 5.90 Å². The predicted octanol–water partition coefficient (Wildman–Crippen LogP) is -0.675. The van der Waals surface area contributed by atoms with Gasteiger partial charge < -0.3 is 9.68 Å². The molecule has 15 heavy (non-hydrogen) atoms. The summed E-state index contributed by atoms with van der Waals surface area (Å²) < 4.78 is 4.26. The number of hydrogen-bond acceptors (Lipinski definition) is 9. The van der Waals surface area contributed by atoms with E-state index < -0.39 is 5.03 Å². The first-order valence-electron chi connectivity index (χ1n) is 3.44. The molecule has 11 heteroatoms. The summed E-state index contributed by atoms with van der Waals surface area (Å²) in [6, 6.07) is 0. The van der Waals surface area contributed by atoms with Crippen molar-refractivity contribution in [3.8, 4) is 0 Å². The number of nitro groups is 1. The van der Waals surface area contributed by atoms with Crippen LogP contribution in [0.3, 0.4) is 0 Å². The topological polar surface area (TPSA) is 137 Å². The van der Waals surface area contributed by atoms with Crippen LogP contribution in [0.1, 0.15) is 5.69 Å². The van der Waals surface area contributed by atoms with E-state index in [0.29, 0.717) is 0 Å². The largest absolute Gasteiger partial charge is 0.337 e. The van der Waals surface area contributed by atoms with Crippen molar-refractivity contribution in [2.45, 2.75) is 0 Å². The van der Waals surface area contributed by atoms with Crippen LogP contribution in [0.25, 0.3) is 0 Å². The van der Waals surface area contributed by atoms with Crippen molar-refractivity contribution >= 4 is 18.1 Å². The lowest BCUT2D eigenvalue weighted by molar-refractivity contribution is -0.445. The molecule has 0 saturated heterocycles. The summed E-state index contributed by atoms with van der Waals surface area (Å²) in [4.78, 5) is 19.2. The molecule has 11 nitrogen and oxygen atoms in total. The van der Waals surface area contributed by atoms with Gasteiger partial charge in [0.1, 0.15) is 0 Å². The quantitative estimate of drug-likeness (QED) is 0.516. The van der Waals surface area contributed by atoms with Crippen LogP contribution in [0, 0.1) is 10.1 Å². The van der Waals surface area contributed by atoms with Gasteiger partial charge in [-0.2, -0.15) is 0 Å². The van der Waals surface area contributed by atoms with E-state index in [1.54, 1.807) is 5.43 Å². The van der Waals surface area contributed by atoms with E-state index in [2.05, 4.69) is 34.9 Å². The molecule has 1 aromatic rings. The van der Waals surface area contributed by atoms with Crippen LogP contribution in [-0.2, 0) is 9.68 Å². The van der Waals surface area contributed by atoms with E-state index in [1.165, 1.54) is 0 Å². The summed E-state index contributed by atoms with van der Waals surface area (Å²) in [5.41, 5.74) is 1.62. The fourth-order valence-corrected chi connectivity index (χ4v) is 0.754. The molecule has 78 valence electrons. The van der Waals surface area contributed by atoms with E-state index in [1.807, 2.05) is 0 Å². The first kappa shape index (κ1) is 8.86. The van der Waals surface area contributed by atoms with Gasteiger partial charge in [-0.25, -0.2) is 14.7 Å². The number of rotatable bonds is 3. The SMILES string of the molecule is O=[N+]([O-])Nc1nonc1C1=NOC=NO1. The fraction of sp³-hybridized carbons (Fsp3) is 0. The normalized spacial score (nSPS) is 13.7. The summed E-state index contributed by atoms with van der Waals surface area (Å²) in [5.74, 6) is -0.470. The van der Waals surface area contributed by atoms with Gasteiger partial charge in [-0.1, -0.05) is 5.43 Å². The Morgan fingerprint density at radius 1 is 1.47 bits per heavy atom. The number of hydrazine groups is 1. The van der Waals surface area contributed by atoms with Crippen LogP contribution in [0.5, 0.6) is 0 Å². The van der Waals surface area contributed by atoms with Crippen molar-refractivity contribution in [1.82, 2.24) is 10.3 Å². The van der Waals surface area contributed by atoms with E-state index in [0.717, 1.165) is 6.40 Å². The number of oxime groups is 2. The van der Waals surface area contributed by atoms with Crippen LogP contribution < -0.4 is 5.43 Å². The highest BCUT2D eigenvalue weighted by atomic mass is 16.7. The standard InChI is InChI=1S/C4H2N6O5/c11-10(12)6-3-2(7-15-8-3)4-9-13-1-5-14-4/h1H,(H,6,8). The zero-order chi connectivity index (χ0) is 10.7. The molecule has 0 unspecified atom stereocenters. The molecule has 2 heterocycles. The van der Waals surface area contributed by atoms with Crippen molar-refractivity contribution in [2.24, 2.45) is 10.3 Å². The number of anilines is 1. The van der Waals surface area contributed by atoms with E-state index >= 15 is 0 Å². The predicted molar refractivity (Wildman–Crippen MR) is 42.1 cm³/mol. The summed E-state index contributed by atoms with van der Waals surface area (Å²) in [5, 5.41) is 22.5. The Labute approximate surface area is 80.4 Å². The second-order valence-electron chi connectivity index (χ2n) is 2.13. The second-order valence-corrected chi connectivity index (χ2v) is 2.13. The minimum absolute atomic E-state index is 0.122. The molecule has 0 bridgehead atoms. The Bertz CT molecular complexity index is 436. The lowest BCUT2D eigenvalue weighted by atomic mass is 10.4. The minimum Gasteiger partial charge on any atom is -0.337 e. The molecule has 1 aliphatic rings. The van der Waals surface area contributed by atoms with Gasteiger partial charge in [0.2, 0.25) is 12.1 Å². The Morgan fingerprint density at radius 3 is 3.00 bits per heavy atom. The highest BCUT2D eigenvalue weighted by Gasteiger charge is 2.23. The van der Waals surface area contributed by atoms with Gasteiger partial charge in [0, 0.05) is 0 Å². The van der Waals surface area contributed by atoms with Gasteiger partial charge in [0.15, 0.2) is 5.03 Å². The zero-order valence-corrected chi connectivity index (χ0v) is 6.85. The average molecular weight is 214 g/mol. The minimum atomic E-state index is -0.837. The molecule has 1 aromatic heterocycles. The van der Waals surface area contributed by atoms with Crippen molar-refractivity contribution in [1.29, 1.82) is 0 Å². The molecule has 1 N–H and O–H groups in total. The third-order valence-electron chi connectivity index (χ3n) is 1.25. The number of nitrogens with zero attached hydrogens (tertiary/aromatic N) is 5. The van der Waals surface area contributed by atoms with Crippen molar-refractivity contribution < 1.29 is 19.3 Å². The lowest BCUT2D eigenvalue weighted by Crippen LogP contribution is -2.15. The molecule has 0 spiro atoms. The highest BCUT2D eigenvalue weighted by molar-refractivity contribution is 5.96. The summed E-state index contributed by atoms with van der Waals surface area (Å²) >= 11 is 0. The second kappa shape index (κ2) is 3.57. The maximum Gasteiger partial charge on any atom is 0.317 e. The maximum atomic E-state index is 10.1. The van der Waals surface area contributed by atoms with Crippen molar-refractivity contribution in [3.05, 3.63) is 15.8 Å². The first-order chi connectivity index (χ1) is 7.27. The molecule has 2 rings (SSSR count). The molecule has 1 aliphatic heterocycles. The average Bonchev–Trinajstić information content (AvgIpc) is 2.66. The number of hydrogen-bond donors (Lipinski definition) is 1. The van der Waals surface area contributed by atoms with E-state index in [-0.39, 0.29) is 17.4 Å². The fourth-order valence-electron chi connectivity index (χ4n) is 0.754. The van der Waals surface area contributed by atoms with Crippen LogP contribution in [0.15, 0.2) is 14.9 Å². The third kappa shape index (κ3) is 1.79. The van der Waals surface area contributed by atoms with E-state index in [4.69, 9.17) is 0 Å².